The topological polar surface area (TPSA) is 69.0 Å². The Balaban J connectivity index is 3.13. The molecule has 5 nitrogen and oxygen atoms in total. The van der Waals surface area contributed by atoms with Gasteiger partial charge in [0.2, 0.25) is 0 Å². The van der Waals surface area contributed by atoms with Crippen molar-refractivity contribution in [3.05, 3.63) is 16.9 Å². The first-order valence-corrected chi connectivity index (χ1v) is 7.10. The molecule has 0 aromatic carbocycles. The van der Waals surface area contributed by atoms with Crippen molar-refractivity contribution in [3.63, 3.8) is 0 Å². The van der Waals surface area contributed by atoms with Gasteiger partial charge in [-0.1, -0.05) is 11.6 Å². The van der Waals surface area contributed by atoms with Crippen molar-refractivity contribution in [1.29, 1.82) is 0 Å². The van der Waals surface area contributed by atoms with E-state index in [2.05, 4.69) is 5.10 Å². The molecule has 1 aromatic rings. The molecule has 1 heterocycles. The van der Waals surface area contributed by atoms with E-state index in [1.165, 1.54) is 10.9 Å². The van der Waals surface area contributed by atoms with Gasteiger partial charge in [-0.05, 0) is 13.8 Å². The van der Waals surface area contributed by atoms with E-state index in [0.29, 0.717) is 0 Å². The van der Waals surface area contributed by atoms with E-state index in [-0.39, 0.29) is 16.8 Å². The Hall–Kier alpha value is -0.880. The largest absolute Gasteiger partial charge is 0.291 e. The van der Waals surface area contributed by atoms with Gasteiger partial charge < -0.3 is 0 Å². The Morgan fingerprint density at radius 1 is 1.56 bits per heavy atom. The molecule has 0 spiro atoms. The summed E-state index contributed by atoms with van der Waals surface area (Å²) in [7, 11) is -3.36. The van der Waals surface area contributed by atoms with Gasteiger partial charge in [0, 0.05) is 12.3 Å². The molecule has 0 aliphatic carbocycles. The number of sulfone groups is 1. The monoisotopic (exact) mass is 264 g/mol. The zero-order chi connectivity index (χ0) is 12.5. The van der Waals surface area contributed by atoms with Crippen LogP contribution in [0.4, 0.5) is 0 Å². The Morgan fingerprint density at radius 2 is 2.12 bits per heavy atom. The molecular formula is C9H13ClN2O3S. The summed E-state index contributed by atoms with van der Waals surface area (Å²) in [6.45, 7) is 3.67. The minimum absolute atomic E-state index is 0.0500. The van der Waals surface area contributed by atoms with Crippen molar-refractivity contribution < 1.29 is 13.2 Å². The molecule has 16 heavy (non-hydrogen) atoms. The van der Waals surface area contributed by atoms with Crippen LogP contribution in [0.2, 0.25) is 5.02 Å². The summed E-state index contributed by atoms with van der Waals surface area (Å²) < 4.78 is 23.5. The van der Waals surface area contributed by atoms with Gasteiger partial charge in [0.1, 0.15) is 11.4 Å². The zero-order valence-electron chi connectivity index (χ0n) is 9.27. The van der Waals surface area contributed by atoms with Crippen LogP contribution in [-0.2, 0) is 9.84 Å². The highest BCUT2D eigenvalue weighted by Crippen LogP contribution is 2.19. The number of hydrogen-bond donors (Lipinski definition) is 0. The maximum Gasteiger partial charge on any atom is 0.197 e. The zero-order valence-corrected chi connectivity index (χ0v) is 10.8. The van der Waals surface area contributed by atoms with Crippen molar-refractivity contribution in [3.8, 4) is 0 Å². The van der Waals surface area contributed by atoms with E-state index < -0.39 is 21.4 Å². The highest BCUT2D eigenvalue weighted by Gasteiger charge is 2.22. The fourth-order valence-corrected chi connectivity index (χ4v) is 2.15. The molecule has 1 aromatic heterocycles. The maximum atomic E-state index is 11.7. The van der Waals surface area contributed by atoms with Crippen LogP contribution in [0, 0.1) is 0 Å². The smallest absolute Gasteiger partial charge is 0.197 e. The van der Waals surface area contributed by atoms with Gasteiger partial charge >= 0.3 is 0 Å². The molecule has 90 valence electrons. The number of rotatable bonds is 4. The minimum atomic E-state index is -3.36. The van der Waals surface area contributed by atoms with Crippen LogP contribution in [-0.4, -0.2) is 36.0 Å². The summed E-state index contributed by atoms with van der Waals surface area (Å²) in [6.07, 6.45) is 2.35. The van der Waals surface area contributed by atoms with Crippen LogP contribution < -0.4 is 0 Å². The molecule has 0 amide bonds. The molecule has 7 heteroatoms. The van der Waals surface area contributed by atoms with Gasteiger partial charge in [0.05, 0.1) is 11.2 Å². The summed E-state index contributed by atoms with van der Waals surface area (Å²) in [5.41, 5.74) is 0.155. The van der Waals surface area contributed by atoms with E-state index in [4.69, 9.17) is 11.6 Å². The second-order valence-corrected chi connectivity index (χ2v) is 6.42. The first-order valence-electron chi connectivity index (χ1n) is 4.66. The van der Waals surface area contributed by atoms with Crippen molar-refractivity contribution in [2.24, 2.45) is 0 Å². The molecule has 0 fully saturated rings. The third-order valence-corrected chi connectivity index (χ3v) is 2.96. The molecule has 0 unspecified atom stereocenters. The summed E-state index contributed by atoms with van der Waals surface area (Å²) in [4.78, 5) is 11.7. The molecule has 0 saturated heterocycles. The third-order valence-electron chi connectivity index (χ3n) is 1.90. The average Bonchev–Trinajstić information content (AvgIpc) is 2.43. The maximum absolute atomic E-state index is 11.7. The third kappa shape index (κ3) is 3.05. The summed E-state index contributed by atoms with van der Waals surface area (Å²) in [5, 5.41) is 4.12. The number of ketones is 1. The average molecular weight is 265 g/mol. The number of aromatic nitrogens is 2. The van der Waals surface area contributed by atoms with Gasteiger partial charge in [-0.2, -0.15) is 5.10 Å². The number of Topliss-reactive ketones (excluding diaryl/α,β-unsaturated/α-hetero) is 1. The lowest BCUT2D eigenvalue weighted by Gasteiger charge is -2.09. The Bertz CT molecular complexity index is 505. The van der Waals surface area contributed by atoms with E-state index in [1.54, 1.807) is 0 Å². The lowest BCUT2D eigenvalue weighted by Crippen LogP contribution is -2.20. The quantitative estimate of drug-likeness (QED) is 0.770. The lowest BCUT2D eigenvalue weighted by molar-refractivity contribution is 0.100. The van der Waals surface area contributed by atoms with Gasteiger partial charge in [-0.15, -0.1) is 0 Å². The highest BCUT2D eigenvalue weighted by atomic mass is 35.5. The second kappa shape index (κ2) is 4.55. The Morgan fingerprint density at radius 3 is 2.56 bits per heavy atom. The fourth-order valence-electron chi connectivity index (χ4n) is 1.30. The number of carbonyl (C=O) groups excluding carboxylic acids is 1. The summed E-state index contributed by atoms with van der Waals surface area (Å²) in [5.74, 6) is -1.08. The van der Waals surface area contributed by atoms with Crippen LogP contribution >= 0.6 is 11.6 Å². The highest BCUT2D eigenvalue weighted by molar-refractivity contribution is 7.91. The van der Waals surface area contributed by atoms with Crippen LogP contribution in [0.1, 0.15) is 30.4 Å². The molecular weight excluding hydrogens is 252 g/mol. The number of nitrogens with zero attached hydrogens (tertiary/aromatic N) is 2. The fraction of sp³-hybridized carbons (Fsp3) is 0.556. The van der Waals surface area contributed by atoms with Crippen LogP contribution in [0.15, 0.2) is 6.20 Å². The normalized spacial score (nSPS) is 12.1. The summed E-state index contributed by atoms with van der Waals surface area (Å²) in [6, 6.07) is -0.0500. The number of halogens is 1. The molecule has 0 aliphatic heterocycles. The van der Waals surface area contributed by atoms with E-state index >= 15 is 0 Å². The van der Waals surface area contributed by atoms with Crippen molar-refractivity contribution in [2.45, 2.75) is 19.9 Å². The van der Waals surface area contributed by atoms with Crippen LogP contribution in [0.25, 0.3) is 0 Å². The van der Waals surface area contributed by atoms with Crippen molar-refractivity contribution in [2.75, 3.05) is 12.0 Å². The number of hydrogen-bond acceptors (Lipinski definition) is 4. The van der Waals surface area contributed by atoms with E-state index in [9.17, 15) is 13.2 Å². The minimum Gasteiger partial charge on any atom is -0.291 e. The van der Waals surface area contributed by atoms with Gasteiger partial charge in [-0.25, -0.2) is 8.42 Å². The molecule has 0 N–H and O–H groups in total. The second-order valence-electron chi connectivity index (χ2n) is 3.87. The van der Waals surface area contributed by atoms with Gasteiger partial charge in [-0.3, -0.25) is 9.48 Å². The van der Waals surface area contributed by atoms with Gasteiger partial charge in [0.25, 0.3) is 0 Å². The lowest BCUT2D eigenvalue weighted by atomic mass is 10.3. The molecule has 0 bridgehead atoms. The predicted molar refractivity (Wildman–Crippen MR) is 61.7 cm³/mol. The van der Waals surface area contributed by atoms with E-state index in [0.717, 1.165) is 6.26 Å². The Kier molecular flexibility index (Phi) is 3.75. The standard InChI is InChI=1S/C9H13ClN2O3S/c1-6(2)12-9(7(10)4-11-12)8(13)5-16(3,14)15/h4,6H,5H2,1-3H3. The molecule has 0 saturated carbocycles. The van der Waals surface area contributed by atoms with E-state index in [1.807, 2.05) is 13.8 Å². The predicted octanol–water partition coefficient (Wildman–Crippen LogP) is 1.34. The van der Waals surface area contributed by atoms with Crippen LogP contribution in [0.5, 0.6) is 0 Å². The SMILES string of the molecule is CC(C)n1ncc(Cl)c1C(=O)CS(C)(=O)=O. The summed E-state index contributed by atoms with van der Waals surface area (Å²) >= 11 is 5.81. The van der Waals surface area contributed by atoms with Crippen molar-refractivity contribution in [1.82, 2.24) is 9.78 Å². The van der Waals surface area contributed by atoms with Crippen molar-refractivity contribution >= 4 is 27.2 Å². The molecule has 0 aliphatic rings. The molecule has 1 rings (SSSR count). The molecule has 0 radical (unpaired) electrons. The van der Waals surface area contributed by atoms with Gasteiger partial charge in [0.15, 0.2) is 15.6 Å². The molecule has 0 atom stereocenters. The van der Waals surface area contributed by atoms with Crippen LogP contribution in [0.3, 0.4) is 0 Å². The number of carbonyl (C=O) groups is 1. The Labute approximate surface area is 99.3 Å². The first-order chi connectivity index (χ1) is 7.22. The first kappa shape index (κ1) is 13.2.